The Morgan fingerprint density at radius 3 is 2.46 bits per heavy atom. The molecule has 1 aliphatic rings. The fourth-order valence-corrected chi connectivity index (χ4v) is 3.60. The van der Waals surface area contributed by atoms with E-state index in [1.807, 2.05) is 24.3 Å². The second kappa shape index (κ2) is 10.1. The van der Waals surface area contributed by atoms with Crippen LogP contribution in [0.15, 0.2) is 48.5 Å². The molecule has 0 aliphatic carbocycles. The molecule has 1 amide bonds. The molecule has 2 aromatic rings. The zero-order valence-electron chi connectivity index (χ0n) is 16.8. The van der Waals surface area contributed by atoms with Gasteiger partial charge in [0.1, 0.15) is 6.61 Å². The molecule has 1 aliphatic heterocycles. The van der Waals surface area contributed by atoms with Gasteiger partial charge in [-0.05, 0) is 56.1 Å². The van der Waals surface area contributed by atoms with E-state index in [-0.39, 0.29) is 11.8 Å². The normalized spacial score (nSPS) is 15.2. The molecule has 1 N–H and O–H groups in total. The van der Waals surface area contributed by atoms with Crippen LogP contribution in [-0.2, 0) is 11.3 Å². The summed E-state index contributed by atoms with van der Waals surface area (Å²) in [4.78, 5) is 14.9. The second-order valence-corrected chi connectivity index (χ2v) is 7.27. The van der Waals surface area contributed by atoms with Crippen LogP contribution < -0.4 is 14.8 Å². The van der Waals surface area contributed by atoms with Gasteiger partial charge in [0, 0.05) is 12.5 Å². The molecule has 0 saturated carbocycles. The lowest BCUT2D eigenvalue weighted by molar-refractivity contribution is -0.126. The standard InChI is InChI=1S/C23H30N2O3/c1-18-7-3-4-8-20(18)17-25-14-11-19(12-15-25)23(26)24-13-16-28-22-10-6-5-9-21(22)27-2/h3-10,19H,11-17H2,1-2H3,(H,24,26). The first-order valence-corrected chi connectivity index (χ1v) is 9.97. The molecule has 3 rings (SSSR count). The summed E-state index contributed by atoms with van der Waals surface area (Å²) in [6.07, 6.45) is 1.82. The predicted molar refractivity (Wildman–Crippen MR) is 111 cm³/mol. The Labute approximate surface area is 167 Å². The largest absolute Gasteiger partial charge is 0.493 e. The smallest absolute Gasteiger partial charge is 0.223 e. The number of likely N-dealkylation sites (tertiary alicyclic amines) is 1. The third kappa shape index (κ3) is 5.49. The van der Waals surface area contributed by atoms with Crippen molar-refractivity contribution in [2.75, 3.05) is 33.4 Å². The fourth-order valence-electron chi connectivity index (χ4n) is 3.60. The van der Waals surface area contributed by atoms with Gasteiger partial charge in [-0.1, -0.05) is 36.4 Å². The molecule has 2 aromatic carbocycles. The first-order chi connectivity index (χ1) is 13.7. The summed E-state index contributed by atoms with van der Waals surface area (Å²) in [5.41, 5.74) is 2.70. The Bertz CT molecular complexity index is 770. The Morgan fingerprint density at radius 1 is 1.07 bits per heavy atom. The number of ether oxygens (including phenoxy) is 2. The van der Waals surface area contributed by atoms with E-state index in [0.29, 0.717) is 24.7 Å². The molecule has 1 saturated heterocycles. The lowest BCUT2D eigenvalue weighted by Gasteiger charge is -2.31. The van der Waals surface area contributed by atoms with Crippen LogP contribution in [-0.4, -0.2) is 44.2 Å². The van der Waals surface area contributed by atoms with Crippen molar-refractivity contribution < 1.29 is 14.3 Å². The van der Waals surface area contributed by atoms with Crippen LogP contribution in [0, 0.1) is 12.8 Å². The van der Waals surface area contributed by atoms with Crippen molar-refractivity contribution in [2.45, 2.75) is 26.3 Å². The molecule has 0 aromatic heterocycles. The van der Waals surface area contributed by atoms with Crippen LogP contribution in [0.4, 0.5) is 0 Å². The van der Waals surface area contributed by atoms with Gasteiger partial charge in [-0.15, -0.1) is 0 Å². The van der Waals surface area contributed by atoms with Crippen LogP contribution >= 0.6 is 0 Å². The van der Waals surface area contributed by atoms with Gasteiger partial charge in [-0.25, -0.2) is 0 Å². The molecule has 0 bridgehead atoms. The number of nitrogens with one attached hydrogen (secondary N) is 1. The highest BCUT2D eigenvalue weighted by molar-refractivity contribution is 5.78. The summed E-state index contributed by atoms with van der Waals surface area (Å²) in [6, 6.07) is 16.0. The number of hydrogen-bond acceptors (Lipinski definition) is 4. The van der Waals surface area contributed by atoms with Crippen LogP contribution in [0.5, 0.6) is 11.5 Å². The van der Waals surface area contributed by atoms with Crippen molar-refractivity contribution in [3.63, 3.8) is 0 Å². The number of piperidine rings is 1. The Balaban J connectivity index is 1.36. The van der Waals surface area contributed by atoms with Gasteiger partial charge in [-0.3, -0.25) is 9.69 Å². The van der Waals surface area contributed by atoms with E-state index >= 15 is 0 Å². The molecule has 0 atom stereocenters. The minimum absolute atomic E-state index is 0.0966. The Morgan fingerprint density at radius 2 is 1.75 bits per heavy atom. The lowest BCUT2D eigenvalue weighted by atomic mass is 9.95. The third-order valence-corrected chi connectivity index (χ3v) is 5.34. The van der Waals surface area contributed by atoms with Gasteiger partial charge in [0.2, 0.25) is 5.91 Å². The average Bonchev–Trinajstić information content (AvgIpc) is 2.73. The van der Waals surface area contributed by atoms with E-state index in [1.54, 1.807) is 7.11 Å². The monoisotopic (exact) mass is 382 g/mol. The first kappa shape index (κ1) is 20.2. The molecular formula is C23H30N2O3. The van der Waals surface area contributed by atoms with Crippen molar-refractivity contribution in [1.82, 2.24) is 10.2 Å². The van der Waals surface area contributed by atoms with Crippen molar-refractivity contribution in [1.29, 1.82) is 0 Å². The number of benzene rings is 2. The molecule has 0 spiro atoms. The van der Waals surface area contributed by atoms with Gasteiger partial charge in [0.05, 0.1) is 13.7 Å². The van der Waals surface area contributed by atoms with Crippen LogP contribution in [0.2, 0.25) is 0 Å². The molecule has 150 valence electrons. The minimum Gasteiger partial charge on any atom is -0.493 e. The second-order valence-electron chi connectivity index (χ2n) is 7.27. The van der Waals surface area contributed by atoms with E-state index in [0.717, 1.165) is 32.5 Å². The van der Waals surface area contributed by atoms with E-state index in [2.05, 4.69) is 41.4 Å². The highest BCUT2D eigenvalue weighted by atomic mass is 16.5. The fraction of sp³-hybridized carbons (Fsp3) is 0.435. The van der Waals surface area contributed by atoms with Crippen molar-refractivity contribution in [3.8, 4) is 11.5 Å². The summed E-state index contributed by atoms with van der Waals surface area (Å²) in [7, 11) is 1.62. The van der Waals surface area contributed by atoms with E-state index in [1.165, 1.54) is 11.1 Å². The molecule has 0 radical (unpaired) electrons. The van der Waals surface area contributed by atoms with Gasteiger partial charge >= 0.3 is 0 Å². The maximum Gasteiger partial charge on any atom is 0.223 e. The van der Waals surface area contributed by atoms with E-state index in [4.69, 9.17) is 9.47 Å². The number of para-hydroxylation sites is 2. The van der Waals surface area contributed by atoms with Crippen LogP contribution in [0.25, 0.3) is 0 Å². The Hall–Kier alpha value is -2.53. The van der Waals surface area contributed by atoms with Crippen molar-refractivity contribution in [3.05, 3.63) is 59.7 Å². The molecule has 5 heteroatoms. The molecule has 0 unspecified atom stereocenters. The summed E-state index contributed by atoms with van der Waals surface area (Å²) in [5, 5.41) is 3.01. The zero-order valence-corrected chi connectivity index (χ0v) is 16.8. The highest BCUT2D eigenvalue weighted by Gasteiger charge is 2.24. The van der Waals surface area contributed by atoms with Crippen LogP contribution in [0.1, 0.15) is 24.0 Å². The quantitative estimate of drug-likeness (QED) is 0.711. The molecule has 28 heavy (non-hydrogen) atoms. The van der Waals surface area contributed by atoms with Crippen molar-refractivity contribution >= 4 is 5.91 Å². The number of hydrogen-bond donors (Lipinski definition) is 1. The first-order valence-electron chi connectivity index (χ1n) is 9.97. The van der Waals surface area contributed by atoms with Gasteiger partial charge in [-0.2, -0.15) is 0 Å². The minimum atomic E-state index is 0.0966. The number of nitrogens with zero attached hydrogens (tertiary/aromatic N) is 1. The predicted octanol–water partition coefficient (Wildman–Crippen LogP) is 3.41. The Kier molecular flexibility index (Phi) is 7.31. The highest BCUT2D eigenvalue weighted by Crippen LogP contribution is 2.25. The summed E-state index contributed by atoms with van der Waals surface area (Å²) >= 11 is 0. The van der Waals surface area contributed by atoms with E-state index < -0.39 is 0 Å². The van der Waals surface area contributed by atoms with Gasteiger partial charge in [0.15, 0.2) is 11.5 Å². The SMILES string of the molecule is COc1ccccc1OCCNC(=O)C1CCN(Cc2ccccc2C)CC1. The third-order valence-electron chi connectivity index (χ3n) is 5.34. The zero-order chi connectivity index (χ0) is 19.8. The maximum atomic E-state index is 12.4. The maximum absolute atomic E-state index is 12.4. The number of carbonyl (C=O) groups is 1. The van der Waals surface area contributed by atoms with Crippen LogP contribution in [0.3, 0.4) is 0 Å². The number of methoxy groups -OCH3 is 1. The lowest BCUT2D eigenvalue weighted by Crippen LogP contribution is -2.41. The molecule has 1 fully saturated rings. The van der Waals surface area contributed by atoms with Gasteiger partial charge < -0.3 is 14.8 Å². The summed E-state index contributed by atoms with van der Waals surface area (Å²) in [6.45, 7) is 5.98. The molecule has 1 heterocycles. The number of rotatable bonds is 8. The average molecular weight is 383 g/mol. The number of aryl methyl sites for hydroxylation is 1. The summed E-state index contributed by atoms with van der Waals surface area (Å²) < 4.78 is 11.0. The van der Waals surface area contributed by atoms with Crippen molar-refractivity contribution in [2.24, 2.45) is 5.92 Å². The molecule has 5 nitrogen and oxygen atoms in total. The topological polar surface area (TPSA) is 50.8 Å². The molecular weight excluding hydrogens is 352 g/mol. The van der Waals surface area contributed by atoms with Gasteiger partial charge in [0.25, 0.3) is 0 Å². The van der Waals surface area contributed by atoms with E-state index in [9.17, 15) is 4.79 Å². The summed E-state index contributed by atoms with van der Waals surface area (Å²) in [5.74, 6) is 1.64. The number of carbonyl (C=O) groups excluding carboxylic acids is 1. The number of amides is 1.